The maximum Gasteiger partial charge on any atom is 0.247 e. The molecule has 0 aliphatic rings. The van der Waals surface area contributed by atoms with Crippen molar-refractivity contribution in [2.45, 2.75) is 19.3 Å². The number of hydrogen-bond acceptors (Lipinski definition) is 3. The second-order valence-corrected chi connectivity index (χ2v) is 6.66. The number of aryl methyl sites for hydroxylation is 2. The van der Waals surface area contributed by atoms with E-state index in [1.165, 1.54) is 10.9 Å². The van der Waals surface area contributed by atoms with Crippen molar-refractivity contribution in [3.8, 4) is 11.5 Å². The van der Waals surface area contributed by atoms with Crippen LogP contribution in [0.4, 0.5) is 0 Å². The summed E-state index contributed by atoms with van der Waals surface area (Å²) >= 11 is 12.0. The number of nitrogens with one attached hydrogen (secondary N) is 1. The van der Waals surface area contributed by atoms with E-state index in [0.717, 1.165) is 30.3 Å². The molecule has 126 valence electrons. The van der Waals surface area contributed by atoms with Gasteiger partial charge in [-0.15, -0.1) is 10.2 Å². The quantitative estimate of drug-likeness (QED) is 0.489. The Morgan fingerprint density at radius 3 is 2.72 bits per heavy atom. The van der Waals surface area contributed by atoms with Crippen molar-refractivity contribution in [1.82, 2.24) is 15.2 Å². The summed E-state index contributed by atoms with van der Waals surface area (Å²) < 4.78 is 5.74. The molecule has 0 aliphatic carbocycles. The van der Waals surface area contributed by atoms with Crippen LogP contribution in [0, 0.1) is 0 Å². The Morgan fingerprint density at radius 1 is 0.960 bits per heavy atom. The van der Waals surface area contributed by atoms with E-state index in [0.29, 0.717) is 21.8 Å². The van der Waals surface area contributed by atoms with Crippen LogP contribution >= 0.6 is 23.2 Å². The number of rotatable bonds is 5. The van der Waals surface area contributed by atoms with Gasteiger partial charge in [0.2, 0.25) is 11.8 Å². The fourth-order valence-corrected chi connectivity index (χ4v) is 3.17. The van der Waals surface area contributed by atoms with Crippen LogP contribution < -0.4 is 0 Å². The fourth-order valence-electron chi connectivity index (χ4n) is 2.87. The summed E-state index contributed by atoms with van der Waals surface area (Å²) in [4.78, 5) is 3.30. The van der Waals surface area contributed by atoms with Gasteiger partial charge in [0.25, 0.3) is 0 Å². The fraction of sp³-hybridized carbons (Fsp3) is 0.158. The minimum atomic E-state index is 0.459. The molecule has 2 aromatic heterocycles. The molecule has 0 amide bonds. The lowest BCUT2D eigenvalue weighted by Gasteiger charge is -1.99. The van der Waals surface area contributed by atoms with Crippen molar-refractivity contribution in [2.75, 3.05) is 0 Å². The maximum absolute atomic E-state index is 6.03. The maximum atomic E-state index is 6.03. The molecule has 4 rings (SSSR count). The number of para-hydroxylation sites is 1. The third-order valence-corrected chi connectivity index (χ3v) is 4.88. The molecule has 0 fully saturated rings. The normalized spacial score (nSPS) is 11.3. The first kappa shape index (κ1) is 16.2. The summed E-state index contributed by atoms with van der Waals surface area (Å²) in [6.07, 6.45) is 4.69. The average Bonchev–Trinajstić information content (AvgIpc) is 3.25. The number of hydrogen-bond donors (Lipinski definition) is 1. The number of fused-ring (bicyclic) bond motifs is 1. The summed E-state index contributed by atoms with van der Waals surface area (Å²) in [6, 6.07) is 13.6. The predicted molar refractivity (Wildman–Crippen MR) is 100 cm³/mol. The van der Waals surface area contributed by atoms with Crippen molar-refractivity contribution in [2.24, 2.45) is 0 Å². The Kier molecular flexibility index (Phi) is 4.47. The third kappa shape index (κ3) is 3.41. The highest BCUT2D eigenvalue weighted by Gasteiger charge is 2.11. The third-order valence-electron chi connectivity index (χ3n) is 4.15. The summed E-state index contributed by atoms with van der Waals surface area (Å²) in [5.41, 5.74) is 3.24. The van der Waals surface area contributed by atoms with Gasteiger partial charge in [0.1, 0.15) is 0 Å². The molecule has 4 nitrogen and oxygen atoms in total. The molecule has 2 heterocycles. The van der Waals surface area contributed by atoms with Crippen LogP contribution in [0.2, 0.25) is 10.0 Å². The number of benzene rings is 2. The zero-order chi connectivity index (χ0) is 17.2. The van der Waals surface area contributed by atoms with E-state index in [9.17, 15) is 0 Å². The first-order valence-corrected chi connectivity index (χ1v) is 8.79. The van der Waals surface area contributed by atoms with E-state index in [-0.39, 0.29) is 0 Å². The molecule has 0 spiro atoms. The molecule has 0 saturated carbocycles. The Hall–Kier alpha value is -2.30. The average molecular weight is 372 g/mol. The van der Waals surface area contributed by atoms with Gasteiger partial charge in [-0.25, -0.2) is 0 Å². The lowest BCUT2D eigenvalue weighted by Crippen LogP contribution is -1.89. The molecule has 25 heavy (non-hydrogen) atoms. The van der Waals surface area contributed by atoms with E-state index in [4.69, 9.17) is 27.6 Å². The summed E-state index contributed by atoms with van der Waals surface area (Å²) in [5, 5.41) is 10.5. The SMILES string of the molecule is Clc1ccc(-c2nnc(CCCc3c[nH]c4ccccc34)o2)cc1Cl. The minimum Gasteiger partial charge on any atom is -0.421 e. The molecule has 0 unspecified atom stereocenters. The number of aromatic nitrogens is 3. The van der Waals surface area contributed by atoms with Crippen LogP contribution in [-0.2, 0) is 12.8 Å². The Labute approximate surface area is 154 Å². The van der Waals surface area contributed by atoms with E-state index in [2.05, 4.69) is 39.6 Å². The van der Waals surface area contributed by atoms with Crippen LogP contribution in [0.25, 0.3) is 22.4 Å². The smallest absolute Gasteiger partial charge is 0.247 e. The summed E-state index contributed by atoms with van der Waals surface area (Å²) in [6.45, 7) is 0. The Balaban J connectivity index is 1.42. The van der Waals surface area contributed by atoms with Crippen molar-refractivity contribution >= 4 is 34.1 Å². The van der Waals surface area contributed by atoms with Gasteiger partial charge in [0.05, 0.1) is 10.0 Å². The first-order chi connectivity index (χ1) is 12.2. The molecule has 0 aliphatic heterocycles. The molecule has 4 aromatic rings. The Morgan fingerprint density at radius 2 is 1.84 bits per heavy atom. The molecule has 6 heteroatoms. The molecule has 1 N–H and O–H groups in total. The highest BCUT2D eigenvalue weighted by molar-refractivity contribution is 6.42. The van der Waals surface area contributed by atoms with Gasteiger partial charge in [-0.3, -0.25) is 0 Å². The van der Waals surface area contributed by atoms with E-state index in [1.807, 2.05) is 12.1 Å². The van der Waals surface area contributed by atoms with Gasteiger partial charge < -0.3 is 9.40 Å². The van der Waals surface area contributed by atoms with Crippen LogP contribution in [-0.4, -0.2) is 15.2 Å². The number of halogens is 2. The molecule has 0 radical (unpaired) electrons. The molecule has 0 bridgehead atoms. The van der Waals surface area contributed by atoms with Crippen molar-refractivity contribution in [3.05, 3.63) is 70.2 Å². The summed E-state index contributed by atoms with van der Waals surface area (Å²) in [5.74, 6) is 1.08. The van der Waals surface area contributed by atoms with Gasteiger partial charge in [-0.1, -0.05) is 41.4 Å². The van der Waals surface area contributed by atoms with E-state index >= 15 is 0 Å². The first-order valence-electron chi connectivity index (χ1n) is 8.03. The van der Waals surface area contributed by atoms with Gasteiger partial charge in [0.15, 0.2) is 0 Å². The predicted octanol–water partition coefficient (Wildman–Crippen LogP) is 5.70. The monoisotopic (exact) mass is 371 g/mol. The molecule has 0 saturated heterocycles. The lowest BCUT2D eigenvalue weighted by atomic mass is 10.1. The van der Waals surface area contributed by atoms with Gasteiger partial charge >= 0.3 is 0 Å². The zero-order valence-corrected chi connectivity index (χ0v) is 14.8. The molecular formula is C19H15Cl2N3O. The van der Waals surface area contributed by atoms with E-state index < -0.39 is 0 Å². The standard InChI is InChI=1S/C19H15Cl2N3O/c20-15-9-8-12(10-16(15)21)19-24-23-18(25-19)7-3-4-13-11-22-17-6-2-1-5-14(13)17/h1-2,5-6,8-11,22H,3-4,7H2. The van der Waals surface area contributed by atoms with Crippen molar-refractivity contribution in [1.29, 1.82) is 0 Å². The number of aromatic amines is 1. The van der Waals surface area contributed by atoms with Crippen LogP contribution in [0.3, 0.4) is 0 Å². The highest BCUT2D eigenvalue weighted by Crippen LogP contribution is 2.28. The highest BCUT2D eigenvalue weighted by atomic mass is 35.5. The van der Waals surface area contributed by atoms with Crippen LogP contribution in [0.5, 0.6) is 0 Å². The van der Waals surface area contributed by atoms with Gasteiger partial charge in [-0.2, -0.15) is 0 Å². The van der Waals surface area contributed by atoms with Crippen molar-refractivity contribution in [3.63, 3.8) is 0 Å². The van der Waals surface area contributed by atoms with Crippen LogP contribution in [0.15, 0.2) is 53.1 Å². The van der Waals surface area contributed by atoms with Gasteiger partial charge in [0, 0.05) is 29.1 Å². The van der Waals surface area contributed by atoms with Crippen molar-refractivity contribution < 1.29 is 4.42 Å². The summed E-state index contributed by atoms with van der Waals surface area (Å²) in [7, 11) is 0. The second kappa shape index (κ2) is 6.90. The lowest BCUT2D eigenvalue weighted by molar-refractivity contribution is 0.497. The molecule has 2 aromatic carbocycles. The zero-order valence-electron chi connectivity index (χ0n) is 13.3. The topological polar surface area (TPSA) is 54.7 Å². The Bertz CT molecular complexity index is 1020. The van der Waals surface area contributed by atoms with E-state index in [1.54, 1.807) is 12.1 Å². The number of nitrogens with zero attached hydrogens (tertiary/aromatic N) is 2. The van der Waals surface area contributed by atoms with Crippen LogP contribution in [0.1, 0.15) is 17.9 Å². The molecular weight excluding hydrogens is 357 g/mol. The molecule has 0 atom stereocenters. The number of H-pyrrole nitrogens is 1. The largest absolute Gasteiger partial charge is 0.421 e. The van der Waals surface area contributed by atoms with Gasteiger partial charge in [-0.05, 0) is 42.7 Å². The second-order valence-electron chi connectivity index (χ2n) is 5.84. The minimum absolute atomic E-state index is 0.459.